The number of aromatic amines is 1. The summed E-state index contributed by atoms with van der Waals surface area (Å²) in [5.74, 6) is 1.53. The lowest BCUT2D eigenvalue weighted by molar-refractivity contribution is 0.320. The lowest BCUT2D eigenvalue weighted by Crippen LogP contribution is -2.15. The Balaban J connectivity index is 2.50. The molecule has 1 N–H and O–H groups in total. The van der Waals surface area contributed by atoms with Crippen LogP contribution in [0.5, 0.6) is 5.75 Å². The number of fused-ring (bicyclic) bond motifs is 1. The molecule has 2 rings (SSSR count). The fraction of sp³-hybridized carbons (Fsp3) is 0.588. The Morgan fingerprint density at radius 2 is 1.95 bits per heavy atom. The summed E-state index contributed by atoms with van der Waals surface area (Å²) in [5.41, 5.74) is 2.17. The maximum atomic E-state index is 5.84. The highest BCUT2D eigenvalue weighted by molar-refractivity contribution is 7.71. The quantitative estimate of drug-likeness (QED) is 0.686. The molecule has 0 fully saturated rings. The lowest BCUT2D eigenvalue weighted by atomic mass is 9.95. The van der Waals surface area contributed by atoms with Crippen molar-refractivity contribution < 1.29 is 4.74 Å². The van der Waals surface area contributed by atoms with Gasteiger partial charge in [0.1, 0.15) is 11.3 Å². The van der Waals surface area contributed by atoms with Crippen molar-refractivity contribution in [2.75, 3.05) is 6.61 Å². The molecule has 0 saturated heterocycles. The average Bonchev–Trinajstić information content (AvgIpc) is 2.82. The number of nitrogens with one attached hydrogen (secondary N) is 1. The Hall–Kier alpha value is -1.29. The second-order valence-corrected chi connectivity index (χ2v) is 6.00. The van der Waals surface area contributed by atoms with E-state index in [1.165, 1.54) is 0 Å². The third-order valence-corrected chi connectivity index (χ3v) is 4.61. The van der Waals surface area contributed by atoms with Gasteiger partial charge in [0.2, 0.25) is 0 Å². The van der Waals surface area contributed by atoms with Crippen LogP contribution in [0.15, 0.2) is 18.2 Å². The summed E-state index contributed by atoms with van der Waals surface area (Å²) in [6.45, 7) is 9.60. The molecule has 0 aliphatic heterocycles. The predicted molar refractivity (Wildman–Crippen MR) is 91.7 cm³/mol. The minimum Gasteiger partial charge on any atom is -0.491 e. The number of rotatable bonds is 7. The zero-order chi connectivity index (χ0) is 15.4. The Labute approximate surface area is 132 Å². The third kappa shape index (κ3) is 3.15. The van der Waals surface area contributed by atoms with Crippen LogP contribution in [0.25, 0.3) is 11.0 Å². The van der Waals surface area contributed by atoms with Crippen molar-refractivity contribution in [3.05, 3.63) is 23.0 Å². The number of aromatic nitrogens is 2. The van der Waals surface area contributed by atoms with Gasteiger partial charge in [0.25, 0.3) is 0 Å². The molecule has 0 radical (unpaired) electrons. The summed E-state index contributed by atoms with van der Waals surface area (Å²) in [6.07, 6.45) is 3.33. The molecular weight excluding hydrogens is 280 g/mol. The molecule has 1 unspecified atom stereocenters. The minimum atomic E-state index is 0.391. The number of hydrogen-bond acceptors (Lipinski definition) is 2. The van der Waals surface area contributed by atoms with Gasteiger partial charge in [-0.15, -0.1) is 0 Å². The van der Waals surface area contributed by atoms with Crippen molar-refractivity contribution >= 4 is 23.3 Å². The van der Waals surface area contributed by atoms with E-state index in [9.17, 15) is 0 Å². The highest BCUT2D eigenvalue weighted by Gasteiger charge is 2.19. The molecule has 0 bridgehead atoms. The van der Waals surface area contributed by atoms with E-state index >= 15 is 0 Å². The van der Waals surface area contributed by atoms with Crippen molar-refractivity contribution in [3.8, 4) is 5.75 Å². The van der Waals surface area contributed by atoms with E-state index in [1.807, 2.05) is 12.1 Å². The first kappa shape index (κ1) is 16.1. The summed E-state index contributed by atoms with van der Waals surface area (Å²) in [4.78, 5) is 3.34. The molecule has 3 nitrogen and oxygen atoms in total. The second kappa shape index (κ2) is 7.12. The highest BCUT2D eigenvalue weighted by atomic mass is 32.1. The van der Waals surface area contributed by atoms with Gasteiger partial charge in [-0.05, 0) is 43.6 Å². The Bertz CT molecular complexity index is 640. The molecule has 1 aromatic carbocycles. The van der Waals surface area contributed by atoms with Gasteiger partial charge in [0, 0.05) is 6.04 Å². The van der Waals surface area contributed by atoms with Gasteiger partial charge in [0.15, 0.2) is 4.77 Å². The van der Waals surface area contributed by atoms with Crippen LogP contribution in [-0.4, -0.2) is 16.2 Å². The Kier molecular flexibility index (Phi) is 5.45. The van der Waals surface area contributed by atoms with Crippen molar-refractivity contribution in [2.45, 2.75) is 53.0 Å². The number of ether oxygens (including phenoxy) is 1. The van der Waals surface area contributed by atoms with Crippen LogP contribution in [-0.2, 0) is 0 Å². The minimum absolute atomic E-state index is 0.391. The molecule has 4 heteroatoms. The molecule has 1 aromatic heterocycles. The zero-order valence-corrected chi connectivity index (χ0v) is 14.3. The fourth-order valence-electron chi connectivity index (χ4n) is 3.04. The van der Waals surface area contributed by atoms with Crippen LogP contribution in [0.1, 0.15) is 53.0 Å². The maximum Gasteiger partial charge on any atom is 0.178 e. The normalized spacial score (nSPS) is 13.0. The van der Waals surface area contributed by atoms with Crippen LogP contribution < -0.4 is 4.74 Å². The van der Waals surface area contributed by atoms with Crippen molar-refractivity contribution in [2.24, 2.45) is 5.92 Å². The topological polar surface area (TPSA) is 29.9 Å². The van der Waals surface area contributed by atoms with Gasteiger partial charge in [0.05, 0.1) is 12.1 Å². The number of hydrogen-bond donors (Lipinski definition) is 1. The fourth-order valence-corrected chi connectivity index (χ4v) is 3.41. The second-order valence-electron chi connectivity index (χ2n) is 5.62. The molecule has 0 amide bonds. The van der Waals surface area contributed by atoms with E-state index < -0.39 is 0 Å². The van der Waals surface area contributed by atoms with Gasteiger partial charge in [-0.2, -0.15) is 0 Å². The third-order valence-electron chi connectivity index (χ3n) is 4.31. The molecule has 1 heterocycles. The molecule has 1 atom stereocenters. The van der Waals surface area contributed by atoms with Crippen LogP contribution in [0, 0.1) is 10.7 Å². The molecule has 0 spiro atoms. The SMILES string of the molecule is CCCOc1cccc2c1[nH]c(=S)n2C(C)C(CC)CC. The number of nitrogens with zero attached hydrogens (tertiary/aromatic N) is 1. The molecule has 116 valence electrons. The van der Waals surface area contributed by atoms with Crippen molar-refractivity contribution in [1.82, 2.24) is 9.55 Å². The van der Waals surface area contributed by atoms with Gasteiger partial charge >= 0.3 is 0 Å². The van der Waals surface area contributed by atoms with Gasteiger partial charge in [-0.25, -0.2) is 0 Å². The number of benzene rings is 1. The summed E-state index contributed by atoms with van der Waals surface area (Å²) in [6, 6.07) is 6.57. The molecule has 0 aliphatic carbocycles. The van der Waals surface area contributed by atoms with Crippen LogP contribution in [0.2, 0.25) is 0 Å². The average molecular weight is 306 g/mol. The number of para-hydroxylation sites is 1. The predicted octanol–water partition coefficient (Wildman–Crippen LogP) is 5.48. The van der Waals surface area contributed by atoms with E-state index in [2.05, 4.69) is 43.3 Å². The van der Waals surface area contributed by atoms with E-state index in [0.29, 0.717) is 12.0 Å². The summed E-state index contributed by atoms with van der Waals surface area (Å²) >= 11 is 5.57. The van der Waals surface area contributed by atoms with Gasteiger partial charge in [-0.3, -0.25) is 0 Å². The van der Waals surface area contributed by atoms with E-state index in [-0.39, 0.29) is 0 Å². The first-order chi connectivity index (χ1) is 10.1. The van der Waals surface area contributed by atoms with E-state index in [4.69, 9.17) is 17.0 Å². The highest BCUT2D eigenvalue weighted by Crippen LogP contribution is 2.31. The zero-order valence-electron chi connectivity index (χ0n) is 13.5. The molecular formula is C17H26N2OS. The smallest absolute Gasteiger partial charge is 0.178 e. The van der Waals surface area contributed by atoms with E-state index in [1.54, 1.807) is 0 Å². The standard InChI is InChI=1S/C17H26N2OS/c1-5-11-20-15-10-8-9-14-16(15)18-17(21)19(14)12(4)13(6-2)7-3/h8-10,12-13H,5-7,11H2,1-4H3,(H,18,21). The largest absolute Gasteiger partial charge is 0.491 e. The van der Waals surface area contributed by atoms with Crippen molar-refractivity contribution in [3.63, 3.8) is 0 Å². The van der Waals surface area contributed by atoms with E-state index in [0.717, 1.165) is 47.4 Å². The molecule has 0 saturated carbocycles. The molecule has 2 aromatic rings. The lowest BCUT2D eigenvalue weighted by Gasteiger charge is -2.23. The summed E-state index contributed by atoms with van der Waals surface area (Å²) in [5, 5.41) is 0. The van der Waals surface area contributed by atoms with Crippen LogP contribution in [0.4, 0.5) is 0 Å². The van der Waals surface area contributed by atoms with Crippen LogP contribution >= 0.6 is 12.2 Å². The Morgan fingerprint density at radius 3 is 2.57 bits per heavy atom. The first-order valence-electron chi connectivity index (χ1n) is 7.99. The van der Waals surface area contributed by atoms with Gasteiger partial charge < -0.3 is 14.3 Å². The number of imidazole rings is 1. The Morgan fingerprint density at radius 1 is 1.24 bits per heavy atom. The monoisotopic (exact) mass is 306 g/mol. The first-order valence-corrected chi connectivity index (χ1v) is 8.40. The van der Waals surface area contributed by atoms with Crippen molar-refractivity contribution in [1.29, 1.82) is 0 Å². The summed E-state index contributed by atoms with van der Waals surface area (Å²) in [7, 11) is 0. The maximum absolute atomic E-state index is 5.84. The molecule has 21 heavy (non-hydrogen) atoms. The van der Waals surface area contributed by atoms with Crippen LogP contribution in [0.3, 0.4) is 0 Å². The molecule has 0 aliphatic rings. The summed E-state index contributed by atoms with van der Waals surface area (Å²) < 4.78 is 8.88. The van der Waals surface area contributed by atoms with Gasteiger partial charge in [-0.1, -0.05) is 39.7 Å². The number of H-pyrrole nitrogens is 1.